The molecule has 0 spiro atoms. The van der Waals surface area contributed by atoms with Crippen molar-refractivity contribution in [2.45, 2.75) is 32.2 Å². The van der Waals surface area contributed by atoms with Gasteiger partial charge in [-0.3, -0.25) is 0 Å². The van der Waals surface area contributed by atoms with Crippen LogP contribution in [0.5, 0.6) is 0 Å². The van der Waals surface area contributed by atoms with Crippen molar-refractivity contribution < 1.29 is 4.39 Å². The number of nitrogens with one attached hydrogen (secondary N) is 1. The SMILES string of the molecule is CNCc1ccc(N(CC2CC2)CC2CC2)c(F)c1. The monoisotopic (exact) mass is 262 g/mol. The van der Waals surface area contributed by atoms with Gasteiger partial charge in [-0.1, -0.05) is 6.07 Å². The van der Waals surface area contributed by atoms with Gasteiger partial charge in [0.15, 0.2) is 0 Å². The summed E-state index contributed by atoms with van der Waals surface area (Å²) in [6.07, 6.45) is 5.28. The molecule has 1 aromatic carbocycles. The molecule has 0 saturated heterocycles. The first-order valence-electron chi connectivity index (χ1n) is 7.44. The van der Waals surface area contributed by atoms with Crippen LogP contribution in [-0.2, 0) is 6.54 Å². The average molecular weight is 262 g/mol. The third kappa shape index (κ3) is 3.47. The fourth-order valence-electron chi connectivity index (χ4n) is 2.62. The maximum atomic E-state index is 14.3. The summed E-state index contributed by atoms with van der Waals surface area (Å²) in [4.78, 5) is 2.29. The largest absolute Gasteiger partial charge is 0.369 e. The highest BCUT2D eigenvalue weighted by atomic mass is 19.1. The minimum absolute atomic E-state index is 0.0611. The molecule has 2 fully saturated rings. The topological polar surface area (TPSA) is 15.3 Å². The number of benzene rings is 1. The van der Waals surface area contributed by atoms with Crippen molar-refractivity contribution in [3.05, 3.63) is 29.6 Å². The Morgan fingerprint density at radius 2 is 1.79 bits per heavy atom. The Bertz CT molecular complexity index is 424. The van der Waals surface area contributed by atoms with E-state index in [0.29, 0.717) is 0 Å². The van der Waals surface area contributed by atoms with Gasteiger partial charge in [0, 0.05) is 19.6 Å². The number of rotatable bonds is 7. The predicted octanol–water partition coefficient (Wildman–Crippen LogP) is 3.17. The van der Waals surface area contributed by atoms with Crippen LogP contribution < -0.4 is 10.2 Å². The van der Waals surface area contributed by atoms with E-state index in [9.17, 15) is 4.39 Å². The Hall–Kier alpha value is -1.09. The molecule has 0 aromatic heterocycles. The van der Waals surface area contributed by atoms with Crippen molar-refractivity contribution in [2.75, 3.05) is 25.0 Å². The summed E-state index contributed by atoms with van der Waals surface area (Å²) in [6, 6.07) is 5.69. The molecule has 2 aliphatic rings. The van der Waals surface area contributed by atoms with Crippen molar-refractivity contribution in [2.24, 2.45) is 11.8 Å². The number of hydrogen-bond donors (Lipinski definition) is 1. The van der Waals surface area contributed by atoms with Crippen LogP contribution in [0.1, 0.15) is 31.2 Å². The van der Waals surface area contributed by atoms with Gasteiger partial charge in [-0.25, -0.2) is 4.39 Å². The molecule has 2 saturated carbocycles. The van der Waals surface area contributed by atoms with E-state index in [1.54, 1.807) is 6.07 Å². The first-order chi connectivity index (χ1) is 9.26. The highest BCUT2D eigenvalue weighted by Gasteiger charge is 2.30. The molecule has 0 atom stereocenters. The summed E-state index contributed by atoms with van der Waals surface area (Å²) in [5.74, 6) is 1.54. The second kappa shape index (κ2) is 5.49. The van der Waals surface area contributed by atoms with Crippen LogP contribution in [-0.4, -0.2) is 20.1 Å². The van der Waals surface area contributed by atoms with Crippen LogP contribution in [0, 0.1) is 17.7 Å². The van der Waals surface area contributed by atoms with E-state index in [2.05, 4.69) is 10.2 Å². The number of anilines is 1. The Kier molecular flexibility index (Phi) is 3.74. The van der Waals surface area contributed by atoms with E-state index < -0.39 is 0 Å². The van der Waals surface area contributed by atoms with Crippen LogP contribution in [0.2, 0.25) is 0 Å². The highest BCUT2D eigenvalue weighted by Crippen LogP contribution is 2.36. The molecule has 0 amide bonds. The first kappa shape index (κ1) is 12.9. The Labute approximate surface area is 115 Å². The van der Waals surface area contributed by atoms with E-state index in [-0.39, 0.29) is 5.82 Å². The third-order valence-corrected chi connectivity index (χ3v) is 4.08. The molecule has 3 heteroatoms. The van der Waals surface area contributed by atoms with Gasteiger partial charge >= 0.3 is 0 Å². The number of hydrogen-bond acceptors (Lipinski definition) is 2. The van der Waals surface area contributed by atoms with E-state index in [0.717, 1.165) is 42.7 Å². The van der Waals surface area contributed by atoms with E-state index in [1.807, 2.05) is 19.2 Å². The molecule has 104 valence electrons. The average Bonchev–Trinajstić information content (AvgIpc) is 3.24. The summed E-state index contributed by atoms with van der Waals surface area (Å²) in [7, 11) is 1.89. The van der Waals surface area contributed by atoms with Gasteiger partial charge in [-0.15, -0.1) is 0 Å². The molecule has 0 heterocycles. The predicted molar refractivity (Wildman–Crippen MR) is 76.8 cm³/mol. The molecule has 0 bridgehead atoms. The first-order valence-corrected chi connectivity index (χ1v) is 7.44. The van der Waals surface area contributed by atoms with Crippen molar-refractivity contribution in [1.29, 1.82) is 0 Å². The van der Waals surface area contributed by atoms with Crippen molar-refractivity contribution >= 4 is 5.69 Å². The smallest absolute Gasteiger partial charge is 0.146 e. The summed E-state index contributed by atoms with van der Waals surface area (Å²) >= 11 is 0. The second-order valence-electron chi connectivity index (χ2n) is 6.11. The minimum Gasteiger partial charge on any atom is -0.369 e. The lowest BCUT2D eigenvalue weighted by atomic mass is 10.1. The fourth-order valence-corrected chi connectivity index (χ4v) is 2.62. The molecule has 1 N–H and O–H groups in total. The quantitative estimate of drug-likeness (QED) is 0.812. The molecule has 2 nitrogen and oxygen atoms in total. The van der Waals surface area contributed by atoms with Crippen LogP contribution in [0.15, 0.2) is 18.2 Å². The standard InChI is InChI=1S/C16H23FN2/c1-18-9-14-6-7-16(15(17)8-14)19(10-12-2-3-12)11-13-4-5-13/h6-8,12-13,18H,2-5,9-11H2,1H3. The number of nitrogens with zero attached hydrogens (tertiary/aromatic N) is 1. The summed E-state index contributed by atoms with van der Waals surface area (Å²) in [5.41, 5.74) is 1.82. The van der Waals surface area contributed by atoms with Gasteiger partial charge in [0.05, 0.1) is 5.69 Å². The molecule has 1 aromatic rings. The molecule has 0 radical (unpaired) electrons. The third-order valence-electron chi connectivity index (χ3n) is 4.08. The lowest BCUT2D eigenvalue weighted by Gasteiger charge is -2.25. The second-order valence-corrected chi connectivity index (χ2v) is 6.11. The van der Waals surface area contributed by atoms with Crippen LogP contribution in [0.3, 0.4) is 0 Å². The maximum absolute atomic E-state index is 14.3. The van der Waals surface area contributed by atoms with Gasteiger partial charge in [-0.2, -0.15) is 0 Å². The molecular formula is C16H23FN2. The van der Waals surface area contributed by atoms with Crippen molar-refractivity contribution in [3.8, 4) is 0 Å². The zero-order valence-electron chi connectivity index (χ0n) is 11.7. The van der Waals surface area contributed by atoms with E-state index in [1.165, 1.54) is 25.7 Å². The van der Waals surface area contributed by atoms with Gasteiger partial charge < -0.3 is 10.2 Å². The molecule has 0 aliphatic heterocycles. The molecular weight excluding hydrogens is 239 g/mol. The molecule has 3 rings (SSSR count). The van der Waals surface area contributed by atoms with Gasteiger partial charge in [-0.05, 0) is 62.3 Å². The maximum Gasteiger partial charge on any atom is 0.146 e. The highest BCUT2D eigenvalue weighted by molar-refractivity contribution is 5.49. The Balaban J connectivity index is 1.75. The zero-order valence-corrected chi connectivity index (χ0v) is 11.7. The molecule has 2 aliphatic carbocycles. The van der Waals surface area contributed by atoms with Crippen LogP contribution in [0.25, 0.3) is 0 Å². The van der Waals surface area contributed by atoms with Crippen LogP contribution >= 0.6 is 0 Å². The van der Waals surface area contributed by atoms with Gasteiger partial charge in [0.25, 0.3) is 0 Å². The van der Waals surface area contributed by atoms with E-state index >= 15 is 0 Å². The molecule has 0 unspecified atom stereocenters. The normalized spacial score (nSPS) is 18.6. The van der Waals surface area contributed by atoms with Gasteiger partial charge in [0.2, 0.25) is 0 Å². The van der Waals surface area contributed by atoms with Gasteiger partial charge in [0.1, 0.15) is 5.82 Å². The summed E-state index contributed by atoms with van der Waals surface area (Å²) in [6.45, 7) is 2.81. The lowest BCUT2D eigenvalue weighted by molar-refractivity contribution is 0.600. The van der Waals surface area contributed by atoms with E-state index in [4.69, 9.17) is 0 Å². The zero-order chi connectivity index (χ0) is 13.2. The summed E-state index contributed by atoms with van der Waals surface area (Å²) < 4.78 is 14.3. The lowest BCUT2D eigenvalue weighted by Crippen LogP contribution is -2.29. The molecule has 19 heavy (non-hydrogen) atoms. The van der Waals surface area contributed by atoms with Crippen molar-refractivity contribution in [3.63, 3.8) is 0 Å². The van der Waals surface area contributed by atoms with Crippen LogP contribution in [0.4, 0.5) is 10.1 Å². The fraction of sp³-hybridized carbons (Fsp3) is 0.625. The Morgan fingerprint density at radius 3 is 2.26 bits per heavy atom. The minimum atomic E-state index is -0.0611. The van der Waals surface area contributed by atoms with Crippen molar-refractivity contribution in [1.82, 2.24) is 5.32 Å². The Morgan fingerprint density at radius 1 is 1.16 bits per heavy atom. The number of halogens is 1. The summed E-state index contributed by atoms with van der Waals surface area (Å²) in [5, 5.41) is 3.06.